The molecule has 4 nitrogen and oxygen atoms in total. The molecule has 2 N–H and O–H groups in total. The van der Waals surface area contributed by atoms with E-state index in [1.54, 1.807) is 6.92 Å². The van der Waals surface area contributed by atoms with E-state index in [2.05, 4.69) is 5.32 Å². The van der Waals surface area contributed by atoms with Crippen LogP contribution in [-0.2, 0) is 4.79 Å². The van der Waals surface area contributed by atoms with Crippen molar-refractivity contribution in [2.45, 2.75) is 19.4 Å². The van der Waals surface area contributed by atoms with Gasteiger partial charge < -0.3 is 10.4 Å². The number of nitrogens with one attached hydrogen (secondary N) is 1. The molecule has 92 valence electrons. The Labute approximate surface area is 102 Å². The first-order valence-corrected chi connectivity index (χ1v) is 5.25. The number of hydrogen-bond donors (Lipinski definition) is 2. The topological polar surface area (TPSA) is 66.4 Å². The van der Waals surface area contributed by atoms with Crippen LogP contribution in [0, 0.1) is 5.82 Å². The van der Waals surface area contributed by atoms with Crippen molar-refractivity contribution < 1.29 is 19.1 Å². The Kier molecular flexibility index (Phi) is 4.45. The zero-order valence-electron chi connectivity index (χ0n) is 9.04. The molecule has 0 radical (unpaired) electrons. The van der Waals surface area contributed by atoms with E-state index < -0.39 is 23.7 Å². The maximum atomic E-state index is 13.1. The second-order valence-electron chi connectivity index (χ2n) is 3.60. The van der Waals surface area contributed by atoms with Gasteiger partial charge in [0.15, 0.2) is 0 Å². The van der Waals surface area contributed by atoms with E-state index in [4.69, 9.17) is 16.7 Å². The summed E-state index contributed by atoms with van der Waals surface area (Å²) in [6.07, 6.45) is -0.193. The molecule has 6 heteroatoms. The van der Waals surface area contributed by atoms with Gasteiger partial charge in [-0.3, -0.25) is 9.59 Å². The van der Waals surface area contributed by atoms with Gasteiger partial charge in [0.1, 0.15) is 5.82 Å². The largest absolute Gasteiger partial charge is 0.481 e. The lowest BCUT2D eigenvalue weighted by Crippen LogP contribution is -2.34. The van der Waals surface area contributed by atoms with Crippen LogP contribution in [0.4, 0.5) is 4.39 Å². The van der Waals surface area contributed by atoms with Crippen LogP contribution < -0.4 is 5.32 Å². The summed E-state index contributed by atoms with van der Waals surface area (Å²) in [5.41, 5.74) is 0.101. The first kappa shape index (κ1) is 13.4. The molecule has 0 aliphatic rings. The second kappa shape index (κ2) is 5.63. The SMILES string of the molecule is CC(CC(=O)O)NC(=O)c1ccc(Cl)c(F)c1. The summed E-state index contributed by atoms with van der Waals surface area (Å²) in [6.45, 7) is 1.55. The Morgan fingerprint density at radius 1 is 1.53 bits per heavy atom. The summed E-state index contributed by atoms with van der Waals surface area (Å²) >= 11 is 5.48. The highest BCUT2D eigenvalue weighted by Crippen LogP contribution is 2.15. The van der Waals surface area contributed by atoms with E-state index in [0.29, 0.717) is 0 Å². The first-order valence-electron chi connectivity index (χ1n) is 4.88. The summed E-state index contributed by atoms with van der Waals surface area (Å²) in [5.74, 6) is -2.24. The quantitative estimate of drug-likeness (QED) is 0.870. The summed E-state index contributed by atoms with van der Waals surface area (Å²) < 4.78 is 13.1. The van der Waals surface area contributed by atoms with Gasteiger partial charge in [-0.05, 0) is 25.1 Å². The normalized spacial score (nSPS) is 11.9. The molecule has 0 saturated heterocycles. The molecule has 0 aromatic heterocycles. The van der Waals surface area contributed by atoms with Crippen LogP contribution >= 0.6 is 11.6 Å². The Hall–Kier alpha value is -1.62. The van der Waals surface area contributed by atoms with Gasteiger partial charge in [-0.1, -0.05) is 11.6 Å². The van der Waals surface area contributed by atoms with Crippen LogP contribution in [0.3, 0.4) is 0 Å². The summed E-state index contributed by atoms with van der Waals surface area (Å²) in [6, 6.07) is 3.12. The van der Waals surface area contributed by atoms with Crippen molar-refractivity contribution in [2.75, 3.05) is 0 Å². The number of amides is 1. The third-order valence-electron chi connectivity index (χ3n) is 2.04. The van der Waals surface area contributed by atoms with Gasteiger partial charge in [0, 0.05) is 11.6 Å². The van der Waals surface area contributed by atoms with Gasteiger partial charge in [0.25, 0.3) is 5.91 Å². The van der Waals surface area contributed by atoms with Crippen molar-refractivity contribution in [1.82, 2.24) is 5.32 Å². The van der Waals surface area contributed by atoms with Gasteiger partial charge in [-0.2, -0.15) is 0 Å². The average molecular weight is 260 g/mol. The molecule has 1 atom stereocenters. The van der Waals surface area contributed by atoms with Gasteiger partial charge in [-0.15, -0.1) is 0 Å². The third-order valence-corrected chi connectivity index (χ3v) is 2.35. The first-order chi connectivity index (χ1) is 7.90. The number of rotatable bonds is 4. The zero-order valence-corrected chi connectivity index (χ0v) is 9.79. The van der Waals surface area contributed by atoms with Crippen molar-refractivity contribution >= 4 is 23.5 Å². The van der Waals surface area contributed by atoms with Gasteiger partial charge in [-0.25, -0.2) is 4.39 Å². The smallest absolute Gasteiger partial charge is 0.305 e. The molecular weight excluding hydrogens is 249 g/mol. The molecule has 0 aliphatic carbocycles. The second-order valence-corrected chi connectivity index (χ2v) is 4.01. The van der Waals surface area contributed by atoms with Gasteiger partial charge >= 0.3 is 5.97 Å². The fourth-order valence-electron chi connectivity index (χ4n) is 1.26. The minimum atomic E-state index is -1.01. The molecule has 1 rings (SSSR count). The van der Waals surface area contributed by atoms with Crippen molar-refractivity contribution in [3.8, 4) is 0 Å². The van der Waals surface area contributed by atoms with E-state index in [0.717, 1.165) is 6.07 Å². The molecule has 0 saturated carbocycles. The predicted molar refractivity (Wildman–Crippen MR) is 60.6 cm³/mol. The number of hydrogen-bond acceptors (Lipinski definition) is 2. The monoisotopic (exact) mass is 259 g/mol. The molecule has 17 heavy (non-hydrogen) atoms. The van der Waals surface area contributed by atoms with Crippen LogP contribution in [0.2, 0.25) is 5.02 Å². The van der Waals surface area contributed by atoms with E-state index in [1.165, 1.54) is 12.1 Å². The van der Waals surface area contributed by atoms with Crippen molar-refractivity contribution in [3.05, 3.63) is 34.6 Å². The highest BCUT2D eigenvalue weighted by atomic mass is 35.5. The standard InChI is InChI=1S/C11H11ClFNO3/c1-6(4-10(15)16)14-11(17)7-2-3-8(12)9(13)5-7/h2-3,5-6H,4H2,1H3,(H,14,17)(H,15,16). The maximum Gasteiger partial charge on any atom is 0.305 e. The molecule has 0 spiro atoms. The molecular formula is C11H11ClFNO3. The molecule has 1 aromatic rings. The summed E-state index contributed by atoms with van der Waals surface area (Å²) in [5, 5.41) is 10.9. The zero-order chi connectivity index (χ0) is 13.0. The van der Waals surface area contributed by atoms with Crippen molar-refractivity contribution in [2.24, 2.45) is 0 Å². The van der Waals surface area contributed by atoms with Crippen LogP contribution in [0.15, 0.2) is 18.2 Å². The van der Waals surface area contributed by atoms with E-state index >= 15 is 0 Å². The molecule has 0 aliphatic heterocycles. The van der Waals surface area contributed by atoms with E-state index in [-0.39, 0.29) is 17.0 Å². The van der Waals surface area contributed by atoms with Crippen LogP contribution in [0.1, 0.15) is 23.7 Å². The Bertz CT molecular complexity index is 450. The highest BCUT2D eigenvalue weighted by Gasteiger charge is 2.13. The number of aliphatic carboxylic acids is 1. The molecule has 1 aromatic carbocycles. The van der Waals surface area contributed by atoms with Gasteiger partial charge in [0.2, 0.25) is 0 Å². The summed E-state index contributed by atoms with van der Waals surface area (Å²) in [7, 11) is 0. The van der Waals surface area contributed by atoms with Crippen LogP contribution in [-0.4, -0.2) is 23.0 Å². The molecule has 0 fully saturated rings. The minimum Gasteiger partial charge on any atom is -0.481 e. The Balaban J connectivity index is 2.70. The Morgan fingerprint density at radius 3 is 2.71 bits per heavy atom. The average Bonchev–Trinajstić information content (AvgIpc) is 2.20. The van der Waals surface area contributed by atoms with E-state index in [9.17, 15) is 14.0 Å². The predicted octanol–water partition coefficient (Wildman–Crippen LogP) is 2.07. The minimum absolute atomic E-state index is 0.0693. The molecule has 1 unspecified atom stereocenters. The third kappa shape index (κ3) is 4.03. The number of benzene rings is 1. The van der Waals surface area contributed by atoms with E-state index in [1.807, 2.05) is 0 Å². The molecule has 0 bridgehead atoms. The Morgan fingerprint density at radius 2 is 2.18 bits per heavy atom. The number of halogens is 2. The lowest BCUT2D eigenvalue weighted by Gasteiger charge is -2.11. The fourth-order valence-corrected chi connectivity index (χ4v) is 1.38. The molecule has 0 heterocycles. The van der Waals surface area contributed by atoms with Crippen molar-refractivity contribution in [1.29, 1.82) is 0 Å². The summed E-state index contributed by atoms with van der Waals surface area (Å²) in [4.78, 5) is 22.0. The van der Waals surface area contributed by atoms with Crippen LogP contribution in [0.25, 0.3) is 0 Å². The fraction of sp³-hybridized carbons (Fsp3) is 0.273. The van der Waals surface area contributed by atoms with Crippen LogP contribution in [0.5, 0.6) is 0 Å². The number of carboxylic acids is 1. The number of carboxylic acid groups (broad SMARTS) is 1. The number of carbonyl (C=O) groups is 2. The van der Waals surface area contributed by atoms with Gasteiger partial charge in [0.05, 0.1) is 11.4 Å². The lowest BCUT2D eigenvalue weighted by molar-refractivity contribution is -0.137. The highest BCUT2D eigenvalue weighted by molar-refractivity contribution is 6.30. The van der Waals surface area contributed by atoms with Crippen molar-refractivity contribution in [3.63, 3.8) is 0 Å². The maximum absolute atomic E-state index is 13.1. The molecule has 1 amide bonds. The number of carbonyl (C=O) groups excluding carboxylic acids is 1. The lowest BCUT2D eigenvalue weighted by atomic mass is 10.1.